The second kappa shape index (κ2) is 10.5. The molecule has 3 N–H and O–H groups in total. The van der Waals surface area contributed by atoms with Crippen molar-refractivity contribution in [2.24, 2.45) is 0 Å². The number of aryl methyl sites for hydroxylation is 1. The van der Waals surface area contributed by atoms with Gasteiger partial charge in [0.1, 0.15) is 12.1 Å². The predicted octanol–water partition coefficient (Wildman–Crippen LogP) is 3.67. The fourth-order valence-corrected chi connectivity index (χ4v) is 5.64. The molecule has 2 unspecified atom stereocenters. The molecule has 0 radical (unpaired) electrons. The maximum absolute atomic E-state index is 13.3. The Kier molecular flexibility index (Phi) is 7.18. The molecule has 8 nitrogen and oxygen atoms in total. The van der Waals surface area contributed by atoms with Gasteiger partial charge in [-0.15, -0.1) is 0 Å². The number of benzene rings is 1. The fraction of sp³-hybridized carbons (Fsp3) is 0.407. The van der Waals surface area contributed by atoms with Crippen LogP contribution < -0.4 is 5.73 Å². The highest BCUT2D eigenvalue weighted by atomic mass is 35.5. The summed E-state index contributed by atoms with van der Waals surface area (Å²) in [6, 6.07) is 9.36. The third-order valence-electron chi connectivity index (χ3n) is 7.32. The molecule has 1 aliphatic heterocycles. The molecule has 3 heterocycles. The zero-order valence-electron chi connectivity index (χ0n) is 20.4. The summed E-state index contributed by atoms with van der Waals surface area (Å²) >= 11 is 6.67. The Morgan fingerprint density at radius 3 is 2.50 bits per heavy atom. The molecule has 2 aromatic heterocycles. The summed E-state index contributed by atoms with van der Waals surface area (Å²) < 4.78 is 0. The number of amides is 1. The van der Waals surface area contributed by atoms with Crippen molar-refractivity contribution in [3.63, 3.8) is 0 Å². The molecular formula is C27H31ClN6O2. The number of halogens is 1. The highest BCUT2D eigenvalue weighted by Crippen LogP contribution is 2.35. The van der Waals surface area contributed by atoms with Gasteiger partial charge in [-0.25, -0.2) is 15.0 Å². The number of hydrogen-bond donors (Lipinski definition) is 2. The van der Waals surface area contributed by atoms with Gasteiger partial charge in [-0.1, -0.05) is 24.6 Å². The van der Waals surface area contributed by atoms with Crippen molar-refractivity contribution in [1.82, 2.24) is 24.8 Å². The number of aromatic nitrogens is 3. The van der Waals surface area contributed by atoms with Gasteiger partial charge in [-0.2, -0.15) is 0 Å². The maximum atomic E-state index is 13.3. The summed E-state index contributed by atoms with van der Waals surface area (Å²) in [6.45, 7) is 4.83. The normalized spacial score (nSPS) is 20.6. The summed E-state index contributed by atoms with van der Waals surface area (Å²) in [4.78, 5) is 30.7. The van der Waals surface area contributed by atoms with Crippen molar-refractivity contribution in [2.75, 3.05) is 31.9 Å². The molecule has 1 saturated carbocycles. The summed E-state index contributed by atoms with van der Waals surface area (Å²) in [5, 5.41) is 10.6. The highest BCUT2D eigenvalue weighted by molar-refractivity contribution is 6.34. The quantitative estimate of drug-likeness (QED) is 0.543. The van der Waals surface area contributed by atoms with Crippen molar-refractivity contribution in [2.45, 2.75) is 44.8 Å². The molecular weight excluding hydrogens is 476 g/mol. The fourth-order valence-electron chi connectivity index (χ4n) is 5.38. The van der Waals surface area contributed by atoms with Crippen LogP contribution in [0.4, 0.5) is 5.82 Å². The number of aliphatic hydroxyl groups is 1. The van der Waals surface area contributed by atoms with Crippen molar-refractivity contribution in [3.05, 3.63) is 59.1 Å². The van der Waals surface area contributed by atoms with Crippen LogP contribution in [0.3, 0.4) is 0 Å². The van der Waals surface area contributed by atoms with E-state index in [2.05, 4.69) is 19.9 Å². The lowest BCUT2D eigenvalue weighted by Gasteiger charge is -2.39. The Morgan fingerprint density at radius 2 is 1.86 bits per heavy atom. The first-order valence-corrected chi connectivity index (χ1v) is 12.9. The molecule has 2 atom stereocenters. The molecule has 0 bridgehead atoms. The molecule has 188 valence electrons. The van der Waals surface area contributed by atoms with Crippen LogP contribution in [-0.2, 0) is 6.42 Å². The van der Waals surface area contributed by atoms with Crippen LogP contribution in [0, 0.1) is 0 Å². The van der Waals surface area contributed by atoms with Crippen molar-refractivity contribution < 1.29 is 9.90 Å². The van der Waals surface area contributed by atoms with Gasteiger partial charge in [-0.3, -0.25) is 9.69 Å². The first-order valence-electron chi connectivity index (χ1n) is 12.5. The summed E-state index contributed by atoms with van der Waals surface area (Å²) in [5.74, 6) is 0.374. The Bertz CT molecular complexity index is 1240. The number of carbonyl (C=O) groups is 1. The number of aliphatic hydroxyl groups excluding tert-OH is 1. The van der Waals surface area contributed by atoms with E-state index in [1.807, 2.05) is 24.0 Å². The van der Waals surface area contributed by atoms with Gasteiger partial charge in [0, 0.05) is 55.1 Å². The van der Waals surface area contributed by atoms with Crippen LogP contribution in [-0.4, -0.2) is 74.1 Å². The largest absolute Gasteiger partial charge is 0.391 e. The van der Waals surface area contributed by atoms with Gasteiger partial charge < -0.3 is 15.7 Å². The van der Waals surface area contributed by atoms with Gasteiger partial charge in [0.25, 0.3) is 5.91 Å². The molecule has 2 fully saturated rings. The SMILES string of the molecule is CCc1ncnc(-c2ccc(C(=O)N3CCN(C4CCCC4O)CC3)c(Cl)c2)c1-c1ccc(N)nc1. The van der Waals surface area contributed by atoms with E-state index in [0.717, 1.165) is 66.9 Å². The number of nitrogens with two attached hydrogens (primary N) is 1. The Labute approximate surface area is 216 Å². The van der Waals surface area contributed by atoms with Gasteiger partial charge in [0.2, 0.25) is 0 Å². The van der Waals surface area contributed by atoms with Crippen LogP contribution in [0.2, 0.25) is 5.02 Å². The topological polar surface area (TPSA) is 108 Å². The number of anilines is 1. The van der Waals surface area contributed by atoms with E-state index < -0.39 is 0 Å². The van der Waals surface area contributed by atoms with E-state index in [0.29, 0.717) is 29.5 Å². The van der Waals surface area contributed by atoms with Crippen molar-refractivity contribution in [1.29, 1.82) is 0 Å². The second-order valence-corrected chi connectivity index (χ2v) is 9.86. The zero-order chi connectivity index (χ0) is 25.2. The van der Waals surface area contributed by atoms with Gasteiger partial charge in [0.15, 0.2) is 0 Å². The molecule has 2 aliphatic rings. The van der Waals surface area contributed by atoms with Crippen LogP contribution in [0.15, 0.2) is 42.9 Å². The number of hydrogen-bond acceptors (Lipinski definition) is 7. The minimum Gasteiger partial charge on any atom is -0.391 e. The minimum atomic E-state index is -0.252. The smallest absolute Gasteiger partial charge is 0.255 e. The van der Waals surface area contributed by atoms with E-state index in [9.17, 15) is 9.90 Å². The monoisotopic (exact) mass is 506 g/mol. The summed E-state index contributed by atoms with van der Waals surface area (Å²) in [7, 11) is 0. The van der Waals surface area contributed by atoms with Gasteiger partial charge >= 0.3 is 0 Å². The average Bonchev–Trinajstić information content (AvgIpc) is 3.34. The molecule has 0 spiro atoms. The number of rotatable bonds is 5. The van der Waals surface area contributed by atoms with Crippen molar-refractivity contribution >= 4 is 23.3 Å². The lowest BCUT2D eigenvalue weighted by Crippen LogP contribution is -2.53. The predicted molar refractivity (Wildman–Crippen MR) is 141 cm³/mol. The maximum Gasteiger partial charge on any atom is 0.255 e. The number of nitrogens with zero attached hydrogens (tertiary/aromatic N) is 5. The average molecular weight is 507 g/mol. The zero-order valence-corrected chi connectivity index (χ0v) is 21.2. The second-order valence-electron chi connectivity index (χ2n) is 9.46. The standard InChI is InChI=1S/C27H31ClN6O2/c1-2-21-25(18-7-9-24(29)30-15-18)26(32-16-31-21)17-6-8-19(20(28)14-17)27(36)34-12-10-33(11-13-34)22-4-3-5-23(22)35/h6-9,14-16,22-23,35H,2-5,10-13H2,1H3,(H2,29,30). The molecule has 1 saturated heterocycles. The first-order chi connectivity index (χ1) is 17.5. The molecule has 1 aliphatic carbocycles. The van der Waals surface area contributed by atoms with Gasteiger partial charge in [-0.05, 0) is 49.9 Å². The number of carbonyl (C=O) groups excluding carboxylic acids is 1. The van der Waals surface area contributed by atoms with E-state index in [1.165, 1.54) is 0 Å². The minimum absolute atomic E-state index is 0.0712. The molecule has 3 aromatic rings. The third kappa shape index (κ3) is 4.81. The number of nitrogen functional groups attached to an aromatic ring is 1. The summed E-state index contributed by atoms with van der Waals surface area (Å²) in [5.41, 5.74) is 10.5. The summed E-state index contributed by atoms with van der Waals surface area (Å²) in [6.07, 6.45) is 6.71. The number of pyridine rings is 1. The third-order valence-corrected chi connectivity index (χ3v) is 7.64. The van der Waals surface area contributed by atoms with Gasteiger partial charge in [0.05, 0.1) is 28.1 Å². The van der Waals surface area contributed by atoms with Crippen LogP contribution in [0.1, 0.15) is 42.2 Å². The van der Waals surface area contributed by atoms with Crippen LogP contribution in [0.25, 0.3) is 22.4 Å². The van der Waals surface area contributed by atoms with Crippen LogP contribution >= 0.6 is 11.6 Å². The van der Waals surface area contributed by atoms with E-state index >= 15 is 0 Å². The highest BCUT2D eigenvalue weighted by Gasteiger charge is 2.33. The Balaban J connectivity index is 1.38. The van der Waals surface area contributed by atoms with Crippen LogP contribution in [0.5, 0.6) is 0 Å². The Hall–Kier alpha value is -3.07. The van der Waals surface area contributed by atoms with E-state index in [-0.39, 0.29) is 18.1 Å². The molecule has 5 rings (SSSR count). The lowest BCUT2D eigenvalue weighted by atomic mass is 9.97. The lowest BCUT2D eigenvalue weighted by molar-refractivity contribution is 0.0315. The molecule has 9 heteroatoms. The van der Waals surface area contributed by atoms with Crippen molar-refractivity contribution in [3.8, 4) is 22.4 Å². The molecule has 1 amide bonds. The first kappa shape index (κ1) is 24.6. The number of piperazine rings is 1. The molecule has 1 aromatic carbocycles. The van der Waals surface area contributed by atoms with E-state index in [1.54, 1.807) is 30.7 Å². The Morgan fingerprint density at radius 1 is 1.08 bits per heavy atom. The molecule has 36 heavy (non-hydrogen) atoms. The van der Waals surface area contributed by atoms with E-state index in [4.69, 9.17) is 17.3 Å².